The standard InChI is InChI=1S/C15H23NO3S/c1-11-6-8-13(9-7-11)20(18)10-12(2)16-14(17)19-15(3,4)5/h6-9,12H,10H2,1-5H3,(H,16,17)/t12-,20?/m0/s1. The first-order valence-electron chi connectivity index (χ1n) is 6.62. The normalized spacial score (nSPS) is 14.4. The van der Waals surface area contributed by atoms with E-state index in [0.717, 1.165) is 10.5 Å². The average molecular weight is 297 g/mol. The number of rotatable bonds is 4. The number of hydrogen-bond donors (Lipinski definition) is 1. The van der Waals surface area contributed by atoms with Crippen molar-refractivity contribution in [3.8, 4) is 0 Å². The molecule has 0 aromatic heterocycles. The predicted octanol–water partition coefficient (Wildman–Crippen LogP) is 3.02. The van der Waals surface area contributed by atoms with Gasteiger partial charge in [0.25, 0.3) is 0 Å². The molecule has 0 saturated heterocycles. The molecule has 0 fully saturated rings. The molecular formula is C15H23NO3S. The highest BCUT2D eigenvalue weighted by Crippen LogP contribution is 2.10. The lowest BCUT2D eigenvalue weighted by Crippen LogP contribution is -2.40. The minimum Gasteiger partial charge on any atom is -0.444 e. The minimum absolute atomic E-state index is 0.216. The molecule has 112 valence electrons. The van der Waals surface area contributed by atoms with Crippen molar-refractivity contribution < 1.29 is 13.7 Å². The Balaban J connectivity index is 2.50. The van der Waals surface area contributed by atoms with Crippen molar-refractivity contribution in [1.82, 2.24) is 5.32 Å². The van der Waals surface area contributed by atoms with Crippen molar-refractivity contribution in [2.24, 2.45) is 0 Å². The van der Waals surface area contributed by atoms with Crippen LogP contribution in [-0.2, 0) is 15.5 Å². The number of carbonyl (C=O) groups is 1. The maximum atomic E-state index is 12.2. The molecule has 1 rings (SSSR count). The monoisotopic (exact) mass is 297 g/mol. The van der Waals surface area contributed by atoms with E-state index in [4.69, 9.17) is 4.74 Å². The summed E-state index contributed by atoms with van der Waals surface area (Å²) in [6.07, 6.45) is -0.481. The number of nitrogens with one attached hydrogen (secondary N) is 1. The number of aryl methyl sites for hydroxylation is 1. The van der Waals surface area contributed by atoms with E-state index in [1.54, 1.807) is 0 Å². The fraction of sp³-hybridized carbons (Fsp3) is 0.533. The molecule has 0 spiro atoms. The fourth-order valence-electron chi connectivity index (χ4n) is 1.56. The van der Waals surface area contributed by atoms with E-state index < -0.39 is 22.5 Å². The van der Waals surface area contributed by atoms with Crippen LogP contribution in [0.3, 0.4) is 0 Å². The van der Waals surface area contributed by atoms with Gasteiger partial charge in [-0.15, -0.1) is 0 Å². The lowest BCUT2D eigenvalue weighted by Gasteiger charge is -2.21. The lowest BCUT2D eigenvalue weighted by molar-refractivity contribution is 0.0513. The van der Waals surface area contributed by atoms with Gasteiger partial charge in [0.1, 0.15) is 5.60 Å². The Labute approximate surface area is 123 Å². The topological polar surface area (TPSA) is 55.4 Å². The van der Waals surface area contributed by atoms with E-state index in [9.17, 15) is 9.00 Å². The van der Waals surface area contributed by atoms with E-state index in [1.165, 1.54) is 0 Å². The number of benzene rings is 1. The Hall–Kier alpha value is -1.36. The van der Waals surface area contributed by atoms with Crippen LogP contribution in [0.1, 0.15) is 33.3 Å². The number of hydrogen-bond acceptors (Lipinski definition) is 3. The van der Waals surface area contributed by atoms with E-state index in [1.807, 2.05) is 58.9 Å². The fourth-order valence-corrected chi connectivity index (χ4v) is 2.73. The summed E-state index contributed by atoms with van der Waals surface area (Å²) in [5, 5.41) is 2.69. The van der Waals surface area contributed by atoms with Gasteiger partial charge >= 0.3 is 6.09 Å². The van der Waals surface area contributed by atoms with Crippen molar-refractivity contribution in [2.75, 3.05) is 5.75 Å². The van der Waals surface area contributed by atoms with Crippen molar-refractivity contribution >= 4 is 16.9 Å². The largest absolute Gasteiger partial charge is 0.444 e. The van der Waals surface area contributed by atoms with E-state index in [-0.39, 0.29) is 6.04 Å². The molecule has 20 heavy (non-hydrogen) atoms. The van der Waals surface area contributed by atoms with E-state index in [0.29, 0.717) is 5.75 Å². The molecule has 0 radical (unpaired) electrons. The second kappa shape index (κ2) is 6.88. The molecule has 1 N–H and O–H groups in total. The van der Waals surface area contributed by atoms with Crippen LogP contribution in [0.2, 0.25) is 0 Å². The Kier molecular flexibility index (Phi) is 5.74. The summed E-state index contributed by atoms with van der Waals surface area (Å²) in [6, 6.07) is 7.35. The molecule has 1 amide bonds. The SMILES string of the molecule is Cc1ccc(S(=O)C[C@H](C)NC(=O)OC(C)(C)C)cc1. The molecule has 0 aliphatic carbocycles. The van der Waals surface area contributed by atoms with Crippen LogP contribution in [0.25, 0.3) is 0 Å². The molecule has 0 saturated carbocycles. The Morgan fingerprint density at radius 3 is 2.35 bits per heavy atom. The van der Waals surface area contributed by atoms with Gasteiger partial charge in [0, 0.05) is 16.7 Å². The molecule has 0 bridgehead atoms. The highest BCUT2D eigenvalue weighted by atomic mass is 32.2. The first-order chi connectivity index (χ1) is 9.17. The van der Waals surface area contributed by atoms with Crippen LogP contribution in [0.5, 0.6) is 0 Å². The highest BCUT2D eigenvalue weighted by Gasteiger charge is 2.18. The molecule has 0 aliphatic rings. The van der Waals surface area contributed by atoms with Crippen LogP contribution in [0.15, 0.2) is 29.2 Å². The number of amides is 1. The second-order valence-electron chi connectivity index (χ2n) is 5.87. The maximum Gasteiger partial charge on any atom is 0.407 e. The lowest BCUT2D eigenvalue weighted by atomic mass is 10.2. The second-order valence-corrected chi connectivity index (χ2v) is 7.37. The van der Waals surface area contributed by atoms with Gasteiger partial charge in [-0.1, -0.05) is 17.7 Å². The average Bonchev–Trinajstić information content (AvgIpc) is 2.26. The van der Waals surface area contributed by atoms with E-state index in [2.05, 4.69) is 5.32 Å². The smallest absolute Gasteiger partial charge is 0.407 e. The van der Waals surface area contributed by atoms with Crippen LogP contribution in [0.4, 0.5) is 4.79 Å². The van der Waals surface area contributed by atoms with Gasteiger partial charge in [0.15, 0.2) is 0 Å². The molecule has 4 nitrogen and oxygen atoms in total. The molecule has 0 heterocycles. The molecule has 1 aromatic carbocycles. The Morgan fingerprint density at radius 2 is 1.85 bits per heavy atom. The molecule has 1 unspecified atom stereocenters. The van der Waals surface area contributed by atoms with Gasteiger partial charge in [-0.2, -0.15) is 0 Å². The summed E-state index contributed by atoms with van der Waals surface area (Å²) < 4.78 is 17.3. The third kappa shape index (κ3) is 6.19. The van der Waals surface area contributed by atoms with Gasteiger partial charge in [0.05, 0.1) is 10.8 Å². The Morgan fingerprint density at radius 1 is 1.30 bits per heavy atom. The molecule has 0 aliphatic heterocycles. The summed E-state index contributed by atoms with van der Waals surface area (Å²) in [7, 11) is -1.13. The number of alkyl carbamates (subject to hydrolysis) is 1. The summed E-state index contributed by atoms with van der Waals surface area (Å²) in [5.74, 6) is 0.363. The first kappa shape index (κ1) is 16.7. The number of ether oxygens (including phenoxy) is 1. The molecule has 2 atom stereocenters. The maximum absolute atomic E-state index is 12.2. The summed E-state index contributed by atoms with van der Waals surface area (Å²) in [5.41, 5.74) is 0.602. The zero-order chi connectivity index (χ0) is 15.3. The van der Waals surface area contributed by atoms with Crippen LogP contribution in [0, 0.1) is 6.92 Å². The van der Waals surface area contributed by atoms with Crippen molar-refractivity contribution in [1.29, 1.82) is 0 Å². The van der Waals surface area contributed by atoms with Crippen molar-refractivity contribution in [3.63, 3.8) is 0 Å². The summed E-state index contributed by atoms with van der Waals surface area (Å²) >= 11 is 0. The van der Waals surface area contributed by atoms with Gasteiger partial charge in [-0.3, -0.25) is 4.21 Å². The van der Waals surface area contributed by atoms with Gasteiger partial charge in [0.2, 0.25) is 0 Å². The third-order valence-corrected chi connectivity index (χ3v) is 4.05. The van der Waals surface area contributed by atoms with Gasteiger partial charge in [-0.05, 0) is 46.8 Å². The highest BCUT2D eigenvalue weighted by molar-refractivity contribution is 7.85. The minimum atomic E-state index is -1.13. The van der Waals surface area contributed by atoms with Gasteiger partial charge in [-0.25, -0.2) is 4.79 Å². The summed E-state index contributed by atoms with van der Waals surface area (Å²) in [4.78, 5) is 12.4. The van der Waals surface area contributed by atoms with Crippen LogP contribution >= 0.6 is 0 Å². The zero-order valence-corrected chi connectivity index (χ0v) is 13.5. The number of carbonyl (C=O) groups excluding carboxylic acids is 1. The van der Waals surface area contributed by atoms with E-state index >= 15 is 0 Å². The van der Waals surface area contributed by atoms with Crippen LogP contribution in [-0.4, -0.2) is 27.7 Å². The predicted molar refractivity (Wildman–Crippen MR) is 81.3 cm³/mol. The molecular weight excluding hydrogens is 274 g/mol. The Bertz CT molecular complexity index is 477. The summed E-state index contributed by atoms with van der Waals surface area (Å²) in [6.45, 7) is 9.22. The first-order valence-corrected chi connectivity index (χ1v) is 7.94. The molecule has 5 heteroatoms. The zero-order valence-electron chi connectivity index (χ0n) is 12.7. The van der Waals surface area contributed by atoms with Crippen molar-refractivity contribution in [2.45, 2.75) is 51.2 Å². The quantitative estimate of drug-likeness (QED) is 0.929. The van der Waals surface area contributed by atoms with Gasteiger partial charge < -0.3 is 10.1 Å². The van der Waals surface area contributed by atoms with Crippen molar-refractivity contribution in [3.05, 3.63) is 29.8 Å². The molecule has 1 aromatic rings. The van der Waals surface area contributed by atoms with Crippen LogP contribution < -0.4 is 5.32 Å². The third-order valence-electron chi connectivity index (χ3n) is 2.45.